The number of carbonyl (C=O) groups is 2. The van der Waals surface area contributed by atoms with E-state index in [4.69, 9.17) is 24.7 Å². The molecule has 2 rings (SSSR count). The SMILES string of the molecule is CCOC(=O)CCCCOc1ccccc1Oc1ccc(C[C@H](N)C(=O)OC(C)(C)C)cc1. The second-order valence-corrected chi connectivity index (χ2v) is 8.65. The van der Waals surface area contributed by atoms with Crippen molar-refractivity contribution >= 4 is 11.9 Å². The van der Waals surface area contributed by atoms with E-state index in [2.05, 4.69) is 0 Å². The van der Waals surface area contributed by atoms with Gasteiger partial charge in [-0.25, -0.2) is 0 Å². The third-order valence-corrected chi connectivity index (χ3v) is 4.50. The van der Waals surface area contributed by atoms with Crippen LogP contribution >= 0.6 is 0 Å². The maximum Gasteiger partial charge on any atom is 0.323 e. The topological polar surface area (TPSA) is 97.1 Å². The van der Waals surface area contributed by atoms with E-state index in [-0.39, 0.29) is 5.97 Å². The van der Waals surface area contributed by atoms with Crippen molar-refractivity contribution in [2.24, 2.45) is 5.73 Å². The highest BCUT2D eigenvalue weighted by molar-refractivity contribution is 5.76. The highest BCUT2D eigenvalue weighted by Crippen LogP contribution is 2.31. The molecule has 0 aliphatic carbocycles. The van der Waals surface area contributed by atoms with E-state index >= 15 is 0 Å². The Labute approximate surface area is 196 Å². The average molecular weight is 458 g/mol. The van der Waals surface area contributed by atoms with E-state index in [1.165, 1.54) is 0 Å². The lowest BCUT2D eigenvalue weighted by atomic mass is 10.1. The molecule has 33 heavy (non-hydrogen) atoms. The third kappa shape index (κ3) is 9.95. The van der Waals surface area contributed by atoms with Crippen LogP contribution in [-0.4, -0.2) is 36.8 Å². The standard InChI is InChI=1S/C26H35NO6/c1-5-30-24(28)12-8-9-17-31-22-10-6-7-11-23(22)32-20-15-13-19(14-16-20)18-21(27)25(29)33-26(2,3)4/h6-7,10-11,13-16,21H,5,8-9,12,17-18,27H2,1-4H3/t21-/m0/s1. The van der Waals surface area contributed by atoms with Crippen LogP contribution in [0.3, 0.4) is 0 Å². The Morgan fingerprint density at radius 2 is 1.64 bits per heavy atom. The molecule has 7 heteroatoms. The first-order valence-electron chi connectivity index (χ1n) is 11.3. The molecular formula is C26H35NO6. The minimum atomic E-state index is -0.728. The van der Waals surface area contributed by atoms with Gasteiger partial charge in [-0.1, -0.05) is 24.3 Å². The van der Waals surface area contributed by atoms with Crippen LogP contribution in [0.25, 0.3) is 0 Å². The molecule has 0 heterocycles. The van der Waals surface area contributed by atoms with Gasteiger partial charge in [-0.3, -0.25) is 9.59 Å². The molecule has 0 bridgehead atoms. The fraction of sp³-hybridized carbons (Fsp3) is 0.462. The van der Waals surface area contributed by atoms with E-state index in [0.717, 1.165) is 12.0 Å². The second kappa shape index (κ2) is 12.8. The first-order chi connectivity index (χ1) is 15.7. The van der Waals surface area contributed by atoms with Crippen LogP contribution in [0, 0.1) is 0 Å². The molecule has 0 aliphatic rings. The lowest BCUT2D eigenvalue weighted by Crippen LogP contribution is -2.38. The van der Waals surface area contributed by atoms with Crippen LogP contribution in [-0.2, 0) is 25.5 Å². The summed E-state index contributed by atoms with van der Waals surface area (Å²) in [6, 6.07) is 14.1. The monoisotopic (exact) mass is 457 g/mol. The predicted octanol–water partition coefficient (Wildman–Crippen LogP) is 4.80. The molecule has 7 nitrogen and oxygen atoms in total. The number of rotatable bonds is 12. The van der Waals surface area contributed by atoms with Gasteiger partial charge in [0, 0.05) is 6.42 Å². The number of hydrogen-bond donors (Lipinski definition) is 1. The number of hydrogen-bond acceptors (Lipinski definition) is 7. The van der Waals surface area contributed by atoms with Crippen LogP contribution in [0.2, 0.25) is 0 Å². The van der Waals surface area contributed by atoms with Crippen LogP contribution in [0.1, 0.15) is 52.5 Å². The van der Waals surface area contributed by atoms with Crippen molar-refractivity contribution < 1.29 is 28.5 Å². The predicted molar refractivity (Wildman–Crippen MR) is 126 cm³/mol. The maximum absolute atomic E-state index is 12.1. The average Bonchev–Trinajstić information content (AvgIpc) is 2.75. The Morgan fingerprint density at radius 3 is 2.27 bits per heavy atom. The summed E-state index contributed by atoms with van der Waals surface area (Å²) >= 11 is 0. The Hall–Kier alpha value is -3.06. The summed E-state index contributed by atoms with van der Waals surface area (Å²) in [4.78, 5) is 23.5. The summed E-state index contributed by atoms with van der Waals surface area (Å²) in [7, 11) is 0. The van der Waals surface area contributed by atoms with Crippen LogP contribution in [0.5, 0.6) is 17.2 Å². The quantitative estimate of drug-likeness (QED) is 0.361. The fourth-order valence-electron chi connectivity index (χ4n) is 2.98. The Bertz CT molecular complexity index is 888. The van der Waals surface area contributed by atoms with Gasteiger partial charge in [0.05, 0.1) is 13.2 Å². The molecule has 0 saturated heterocycles. The van der Waals surface area contributed by atoms with Gasteiger partial charge in [-0.2, -0.15) is 0 Å². The summed E-state index contributed by atoms with van der Waals surface area (Å²) in [5, 5.41) is 0. The van der Waals surface area contributed by atoms with Gasteiger partial charge in [0.25, 0.3) is 0 Å². The molecule has 180 valence electrons. The van der Waals surface area contributed by atoms with E-state index in [0.29, 0.717) is 49.7 Å². The Morgan fingerprint density at radius 1 is 0.970 bits per heavy atom. The van der Waals surface area contributed by atoms with Crippen molar-refractivity contribution in [3.63, 3.8) is 0 Å². The van der Waals surface area contributed by atoms with Crippen molar-refractivity contribution in [1.82, 2.24) is 0 Å². The van der Waals surface area contributed by atoms with E-state index in [9.17, 15) is 9.59 Å². The van der Waals surface area contributed by atoms with Crippen molar-refractivity contribution in [2.75, 3.05) is 13.2 Å². The number of carbonyl (C=O) groups excluding carboxylic acids is 2. The summed E-state index contributed by atoms with van der Waals surface area (Å²) in [5.41, 5.74) is 6.33. The highest BCUT2D eigenvalue weighted by atomic mass is 16.6. The van der Waals surface area contributed by atoms with E-state index in [1.54, 1.807) is 6.92 Å². The zero-order chi connectivity index (χ0) is 24.3. The minimum Gasteiger partial charge on any atom is -0.490 e. The fourth-order valence-corrected chi connectivity index (χ4v) is 2.98. The van der Waals surface area contributed by atoms with E-state index < -0.39 is 17.6 Å². The van der Waals surface area contributed by atoms with Gasteiger partial charge < -0.3 is 24.7 Å². The van der Waals surface area contributed by atoms with E-state index in [1.807, 2.05) is 69.3 Å². The molecule has 2 aromatic carbocycles. The van der Waals surface area contributed by atoms with Crippen molar-refractivity contribution in [3.8, 4) is 17.2 Å². The summed E-state index contributed by atoms with van der Waals surface area (Å²) in [6.45, 7) is 8.11. The maximum atomic E-state index is 12.1. The van der Waals surface area contributed by atoms with Crippen LogP contribution < -0.4 is 15.2 Å². The van der Waals surface area contributed by atoms with Gasteiger partial charge in [0.15, 0.2) is 11.5 Å². The molecule has 2 N–H and O–H groups in total. The third-order valence-electron chi connectivity index (χ3n) is 4.50. The number of benzene rings is 2. The molecule has 2 aromatic rings. The molecule has 0 fully saturated rings. The number of nitrogens with two attached hydrogens (primary N) is 1. The van der Waals surface area contributed by atoms with Gasteiger partial charge in [-0.15, -0.1) is 0 Å². The number of ether oxygens (including phenoxy) is 4. The molecule has 0 aliphatic heterocycles. The van der Waals surface area contributed by atoms with Crippen molar-refractivity contribution in [3.05, 3.63) is 54.1 Å². The molecule has 1 atom stereocenters. The molecule has 0 radical (unpaired) electrons. The zero-order valence-corrected chi connectivity index (χ0v) is 20.0. The lowest BCUT2D eigenvalue weighted by molar-refractivity contribution is -0.156. The number of esters is 2. The minimum absolute atomic E-state index is 0.184. The van der Waals surface area contributed by atoms with Crippen molar-refractivity contribution in [1.29, 1.82) is 0 Å². The van der Waals surface area contributed by atoms with Crippen LogP contribution in [0.4, 0.5) is 0 Å². The van der Waals surface area contributed by atoms with Gasteiger partial charge in [0.1, 0.15) is 17.4 Å². The van der Waals surface area contributed by atoms with Gasteiger partial charge >= 0.3 is 11.9 Å². The molecule has 0 aromatic heterocycles. The number of unbranched alkanes of at least 4 members (excludes halogenated alkanes) is 1. The summed E-state index contributed by atoms with van der Waals surface area (Å²) in [5.74, 6) is 1.27. The molecule has 0 amide bonds. The highest BCUT2D eigenvalue weighted by Gasteiger charge is 2.22. The Kier molecular flexibility index (Phi) is 10.2. The summed E-state index contributed by atoms with van der Waals surface area (Å²) in [6.07, 6.45) is 2.20. The Balaban J connectivity index is 1.87. The van der Waals surface area contributed by atoms with Crippen molar-refractivity contribution in [2.45, 2.75) is 65.0 Å². The normalized spacial score (nSPS) is 12.0. The smallest absolute Gasteiger partial charge is 0.323 e. The number of para-hydroxylation sites is 2. The largest absolute Gasteiger partial charge is 0.490 e. The van der Waals surface area contributed by atoms with Crippen LogP contribution in [0.15, 0.2) is 48.5 Å². The summed E-state index contributed by atoms with van der Waals surface area (Å²) < 4.78 is 22.1. The second-order valence-electron chi connectivity index (χ2n) is 8.65. The molecular weight excluding hydrogens is 422 g/mol. The molecule has 0 saturated carbocycles. The first-order valence-corrected chi connectivity index (χ1v) is 11.3. The zero-order valence-electron chi connectivity index (χ0n) is 20.0. The molecule has 0 spiro atoms. The van der Waals surface area contributed by atoms with Gasteiger partial charge in [0.2, 0.25) is 0 Å². The molecule has 0 unspecified atom stereocenters. The lowest BCUT2D eigenvalue weighted by Gasteiger charge is -2.22. The first kappa shape index (κ1) is 26.2. The van der Waals surface area contributed by atoms with Gasteiger partial charge in [-0.05, 0) is 76.8 Å².